The molecule has 0 amide bonds. The molecule has 2 radical (unpaired) electrons. The number of carboxylic acid groups (broad SMARTS) is 2. The van der Waals surface area contributed by atoms with E-state index in [1.807, 2.05) is 0 Å². The molecular formula is C37H33F9IrN3O4V-. The van der Waals surface area contributed by atoms with Gasteiger partial charge in [-0.2, -0.15) is 39.5 Å². The second-order valence-electron chi connectivity index (χ2n) is 10.5. The minimum absolute atomic E-state index is 0. The number of hydrogen-bond donors (Lipinski definition) is 2. The zero-order chi connectivity index (χ0) is 37.1. The summed E-state index contributed by atoms with van der Waals surface area (Å²) in [6.45, 7) is 0.780. The molecule has 0 aliphatic heterocycles. The number of fused-ring (bicyclic) bond motifs is 3. The Hall–Kier alpha value is -4.57. The standard InChI is InChI=1S/C22H11F9N.2C6H5NO2.3CH4.Ir.V/c1-19(22(29,30)31)16-8-11(18-7-4-13(10-32-18)21(26,27)28)2-5-14(16)15-6-3-12(9-17(15)19)20(23,24)25;2*8-6(9)5-3-1-2-4-7-5;;;;;/h3-10H,1H3;2*1-4H,(H,8,9);3*1H4;;/q-1;;;;;;;. The summed E-state index contributed by atoms with van der Waals surface area (Å²) in [6, 6.07) is 18.3. The fourth-order valence-electron chi connectivity index (χ4n) is 4.79. The van der Waals surface area contributed by atoms with Crippen molar-refractivity contribution in [3.05, 3.63) is 137 Å². The van der Waals surface area contributed by atoms with Gasteiger partial charge in [0.25, 0.3) is 0 Å². The molecule has 2 N–H and O–H groups in total. The van der Waals surface area contributed by atoms with Crippen molar-refractivity contribution in [2.45, 2.75) is 53.1 Å². The van der Waals surface area contributed by atoms with Crippen LogP contribution in [0.3, 0.4) is 0 Å². The summed E-state index contributed by atoms with van der Waals surface area (Å²) in [5.74, 6) is -1.98. The number of aromatic carboxylic acids is 2. The van der Waals surface area contributed by atoms with E-state index in [2.05, 4.69) is 21.0 Å². The summed E-state index contributed by atoms with van der Waals surface area (Å²) in [5.41, 5.74) is -5.78. The van der Waals surface area contributed by atoms with Gasteiger partial charge in [0.1, 0.15) is 11.4 Å². The predicted octanol–water partition coefficient (Wildman–Crippen LogP) is 10.9. The van der Waals surface area contributed by atoms with Gasteiger partial charge < -0.3 is 15.2 Å². The summed E-state index contributed by atoms with van der Waals surface area (Å²) < 4.78 is 120. The van der Waals surface area contributed by atoms with Gasteiger partial charge >= 0.3 is 30.5 Å². The maximum absolute atomic E-state index is 14.2. The second kappa shape index (κ2) is 20.4. The Morgan fingerprint density at radius 2 is 1.13 bits per heavy atom. The van der Waals surface area contributed by atoms with Crippen LogP contribution >= 0.6 is 0 Å². The van der Waals surface area contributed by atoms with Crippen LogP contribution in [0.25, 0.3) is 22.4 Å². The third-order valence-electron chi connectivity index (χ3n) is 7.37. The number of carbonyl (C=O) groups is 2. The largest absolute Gasteiger partial charge is 0.477 e. The first-order chi connectivity index (χ1) is 23.2. The number of halogens is 9. The molecule has 18 heteroatoms. The monoisotopic (exact) mass is 998 g/mol. The maximum Gasteiger partial charge on any atom is 0.417 e. The van der Waals surface area contributed by atoms with Gasteiger partial charge in [-0.3, -0.25) is 0 Å². The Kier molecular flexibility index (Phi) is 19.5. The van der Waals surface area contributed by atoms with E-state index >= 15 is 0 Å². The minimum Gasteiger partial charge on any atom is -0.477 e. The molecule has 1 aliphatic rings. The van der Waals surface area contributed by atoms with Crippen molar-refractivity contribution < 1.29 is 98.0 Å². The number of benzene rings is 2. The number of aromatic nitrogens is 3. The number of alkyl halides is 9. The molecule has 0 bridgehead atoms. The number of nitrogens with zero attached hydrogens (tertiary/aromatic N) is 3. The van der Waals surface area contributed by atoms with Crippen LogP contribution in [0.15, 0.2) is 97.5 Å². The van der Waals surface area contributed by atoms with E-state index in [9.17, 15) is 49.1 Å². The van der Waals surface area contributed by atoms with Crippen molar-refractivity contribution in [1.29, 1.82) is 0 Å². The molecule has 55 heavy (non-hydrogen) atoms. The first-order valence-electron chi connectivity index (χ1n) is 13.9. The van der Waals surface area contributed by atoms with Crippen LogP contribution in [0.1, 0.15) is 72.4 Å². The van der Waals surface area contributed by atoms with E-state index in [0.29, 0.717) is 18.3 Å². The molecule has 298 valence electrons. The first-order valence-corrected chi connectivity index (χ1v) is 13.9. The topological polar surface area (TPSA) is 113 Å². The molecule has 0 saturated heterocycles. The average Bonchev–Trinajstić information content (AvgIpc) is 3.33. The van der Waals surface area contributed by atoms with E-state index in [4.69, 9.17) is 10.2 Å². The van der Waals surface area contributed by atoms with E-state index in [-0.39, 0.29) is 100 Å². The molecule has 3 aromatic heterocycles. The Bertz CT molecular complexity index is 1950. The summed E-state index contributed by atoms with van der Waals surface area (Å²) in [7, 11) is 0. The van der Waals surface area contributed by atoms with E-state index < -0.39 is 52.6 Å². The Labute approximate surface area is 336 Å². The van der Waals surface area contributed by atoms with Crippen molar-refractivity contribution in [3.63, 3.8) is 0 Å². The van der Waals surface area contributed by atoms with Crippen LogP contribution in [-0.4, -0.2) is 43.3 Å². The quantitative estimate of drug-likeness (QED) is 0.137. The van der Waals surface area contributed by atoms with Crippen LogP contribution in [-0.2, 0) is 56.4 Å². The van der Waals surface area contributed by atoms with Gasteiger partial charge in [-0.25, -0.2) is 19.6 Å². The van der Waals surface area contributed by atoms with Gasteiger partial charge in [-0.05, 0) is 48.5 Å². The molecule has 5 aromatic rings. The third-order valence-corrected chi connectivity index (χ3v) is 7.37. The van der Waals surface area contributed by atoms with Crippen molar-refractivity contribution in [2.24, 2.45) is 0 Å². The summed E-state index contributed by atoms with van der Waals surface area (Å²) in [6.07, 6.45) is -11.0. The van der Waals surface area contributed by atoms with Gasteiger partial charge in [-0.15, -0.1) is 29.3 Å². The Morgan fingerprint density at radius 1 is 0.655 bits per heavy atom. The molecule has 1 atom stereocenters. The molecule has 0 saturated carbocycles. The fourth-order valence-corrected chi connectivity index (χ4v) is 4.79. The molecule has 6 rings (SSSR count). The molecule has 1 aliphatic carbocycles. The van der Waals surface area contributed by atoms with Crippen LogP contribution < -0.4 is 0 Å². The van der Waals surface area contributed by atoms with Gasteiger partial charge in [0.05, 0.1) is 16.5 Å². The number of rotatable bonds is 3. The molecule has 3 heterocycles. The van der Waals surface area contributed by atoms with Crippen LogP contribution in [0.4, 0.5) is 39.5 Å². The van der Waals surface area contributed by atoms with Crippen molar-refractivity contribution in [2.75, 3.05) is 0 Å². The second-order valence-corrected chi connectivity index (χ2v) is 10.5. The summed E-state index contributed by atoms with van der Waals surface area (Å²) >= 11 is 0. The third kappa shape index (κ3) is 12.0. The molecule has 0 spiro atoms. The van der Waals surface area contributed by atoms with Crippen molar-refractivity contribution >= 4 is 11.9 Å². The zero-order valence-electron chi connectivity index (χ0n) is 26.0. The van der Waals surface area contributed by atoms with Crippen LogP contribution in [0.2, 0.25) is 0 Å². The van der Waals surface area contributed by atoms with Crippen molar-refractivity contribution in [3.8, 4) is 22.4 Å². The number of pyridine rings is 3. The fraction of sp³-hybridized carbons (Fsp3) is 0.216. The first kappa shape index (κ1) is 52.5. The number of hydrogen-bond acceptors (Lipinski definition) is 5. The zero-order valence-corrected chi connectivity index (χ0v) is 29.8. The summed E-state index contributed by atoms with van der Waals surface area (Å²) in [4.78, 5) is 31.1. The van der Waals surface area contributed by atoms with Crippen LogP contribution in [0.5, 0.6) is 0 Å². The van der Waals surface area contributed by atoms with Crippen LogP contribution in [0, 0.1) is 6.07 Å². The van der Waals surface area contributed by atoms with Gasteiger partial charge in [0.15, 0.2) is 0 Å². The predicted molar refractivity (Wildman–Crippen MR) is 179 cm³/mol. The Balaban J connectivity index is 0. The number of carboxylic acids is 2. The minimum atomic E-state index is -4.95. The SMILES string of the molecule is C.C.C.CC1(C(F)(F)F)c2cc(-c3ccc(C(F)(F)F)cn3)[c-]cc2-c2ccc(C(F)(F)F)cc21.O=C(O)c1ccccn1.O=C(O)c1ccccn1.[Ir].[V]. The maximum atomic E-state index is 14.2. The average molecular weight is 998 g/mol. The summed E-state index contributed by atoms with van der Waals surface area (Å²) in [5, 5.41) is 16.6. The normalized spacial score (nSPS) is 13.6. The smallest absolute Gasteiger partial charge is 0.417 e. The van der Waals surface area contributed by atoms with Gasteiger partial charge in [-0.1, -0.05) is 69.8 Å². The van der Waals surface area contributed by atoms with Gasteiger partial charge in [0, 0.05) is 57.3 Å². The molecule has 2 aromatic carbocycles. The van der Waals surface area contributed by atoms with Crippen molar-refractivity contribution in [1.82, 2.24) is 15.0 Å². The molecule has 0 fully saturated rings. The molecule has 7 nitrogen and oxygen atoms in total. The van der Waals surface area contributed by atoms with E-state index in [0.717, 1.165) is 31.2 Å². The van der Waals surface area contributed by atoms with E-state index in [1.54, 1.807) is 24.3 Å². The van der Waals surface area contributed by atoms with E-state index in [1.165, 1.54) is 30.6 Å². The van der Waals surface area contributed by atoms with Gasteiger partial charge in [0.2, 0.25) is 0 Å². The molecule has 1 unspecified atom stereocenters. The molecular weight excluding hydrogens is 965 g/mol. The Morgan fingerprint density at radius 3 is 1.49 bits per heavy atom.